The molecule has 0 amide bonds. The minimum atomic E-state index is -3.48. The number of carbonyl (C=O) groups is 2. The van der Waals surface area contributed by atoms with Crippen molar-refractivity contribution in [2.24, 2.45) is 0 Å². The predicted molar refractivity (Wildman–Crippen MR) is 222 cm³/mol. The molecule has 0 spiro atoms. The summed E-state index contributed by atoms with van der Waals surface area (Å²) in [5.74, 6) is 2.53. The summed E-state index contributed by atoms with van der Waals surface area (Å²) in [5.41, 5.74) is 0. The molecule has 9 nitrogen and oxygen atoms in total. The fourth-order valence-corrected chi connectivity index (χ4v) is 11.1. The van der Waals surface area contributed by atoms with Crippen molar-refractivity contribution in [3.05, 3.63) is 182 Å². The summed E-state index contributed by atoms with van der Waals surface area (Å²) in [6.07, 6.45) is 2.03. The highest BCUT2D eigenvalue weighted by Crippen LogP contribution is 2.30. The van der Waals surface area contributed by atoms with Gasteiger partial charge in [0.15, 0.2) is 0 Å². The van der Waals surface area contributed by atoms with Crippen LogP contribution in [-0.4, -0.2) is 29.5 Å². The maximum Gasteiger partial charge on any atom is 0.699 e. The van der Waals surface area contributed by atoms with Crippen molar-refractivity contribution in [1.29, 1.82) is 0 Å². The first-order valence-corrected chi connectivity index (χ1v) is 23.0. The molecule has 57 heavy (non-hydrogen) atoms. The lowest BCUT2D eigenvalue weighted by Gasteiger charge is -2.30. The molecule has 0 heterocycles. The van der Waals surface area contributed by atoms with E-state index >= 15 is 0 Å². The molecular weight excluding hydrogens is 753 g/mol. The molecule has 0 aromatic heterocycles. The monoisotopic (exact) mass is 798 g/mol. The van der Waals surface area contributed by atoms with Crippen molar-refractivity contribution < 1.29 is 40.9 Å². The van der Waals surface area contributed by atoms with E-state index in [4.69, 9.17) is 31.3 Å². The molecule has 0 aliphatic rings. The molecule has 6 aromatic rings. The topological polar surface area (TPSA) is 98.8 Å². The lowest BCUT2D eigenvalue weighted by molar-refractivity contribution is -0.159. The fraction of sp³-hybridized carbons (Fsp3) is 0.174. The normalized spacial score (nSPS) is 11.2. The van der Waals surface area contributed by atoms with E-state index in [0.29, 0.717) is 72.3 Å². The van der Waals surface area contributed by atoms with Crippen molar-refractivity contribution in [3.8, 4) is 34.5 Å². The highest BCUT2D eigenvalue weighted by molar-refractivity contribution is 6.63. The Hall–Kier alpha value is -6.31. The van der Waals surface area contributed by atoms with Crippen LogP contribution in [0.4, 0.5) is 0 Å². The van der Waals surface area contributed by atoms with Crippen LogP contribution in [0.5, 0.6) is 34.5 Å². The van der Waals surface area contributed by atoms with Crippen LogP contribution in [-0.2, 0) is 14.3 Å². The molecule has 292 valence electrons. The van der Waals surface area contributed by atoms with Crippen LogP contribution in [0.2, 0.25) is 12.1 Å². The first-order valence-electron chi connectivity index (χ1n) is 19.1. The standard InChI is InChI=1S/C46H46O9Si2/c47-45(35-19-21-37-56(50-39-23-7-1-8-24-39,51-40-25-9-2-10-26-40)52-41-27-11-3-12-28-41)49-46(48)36-20-22-38-57(53-42-29-13-4-14-30-42,54-43-31-15-5-16-32-43)55-44-33-17-6-18-34-44/h1-18,23-34H,19-22,35-38H2. The van der Waals surface area contributed by atoms with Gasteiger partial charge in [-0.3, -0.25) is 9.59 Å². The number of esters is 2. The van der Waals surface area contributed by atoms with Gasteiger partial charge in [0.2, 0.25) is 0 Å². The zero-order chi connectivity index (χ0) is 39.4. The van der Waals surface area contributed by atoms with Crippen LogP contribution in [0.3, 0.4) is 0 Å². The molecule has 0 bridgehead atoms. The number of hydrogen-bond donors (Lipinski definition) is 0. The second-order valence-corrected chi connectivity index (χ2v) is 18.1. The summed E-state index contributed by atoms with van der Waals surface area (Å²) in [6.45, 7) is 0. The molecule has 6 aromatic carbocycles. The van der Waals surface area contributed by atoms with Crippen LogP contribution in [0.25, 0.3) is 0 Å². The van der Waals surface area contributed by atoms with Crippen molar-refractivity contribution in [1.82, 2.24) is 0 Å². The van der Waals surface area contributed by atoms with Gasteiger partial charge in [0.1, 0.15) is 34.5 Å². The zero-order valence-electron chi connectivity index (χ0n) is 31.7. The van der Waals surface area contributed by atoms with E-state index in [9.17, 15) is 9.59 Å². The lowest BCUT2D eigenvalue weighted by atomic mass is 10.2. The Morgan fingerprint density at radius 1 is 0.316 bits per heavy atom. The molecule has 0 aliphatic carbocycles. The summed E-state index contributed by atoms with van der Waals surface area (Å²) in [6, 6.07) is 57.3. The average Bonchev–Trinajstić information content (AvgIpc) is 3.23. The smallest absolute Gasteiger partial charge is 0.483 e. The summed E-state index contributed by atoms with van der Waals surface area (Å²) in [7, 11) is -6.96. The van der Waals surface area contributed by atoms with Gasteiger partial charge in [0.25, 0.3) is 0 Å². The maximum absolute atomic E-state index is 12.9. The molecule has 0 saturated carbocycles. The van der Waals surface area contributed by atoms with Gasteiger partial charge < -0.3 is 31.3 Å². The molecule has 0 aliphatic heterocycles. The van der Waals surface area contributed by atoms with E-state index in [1.165, 1.54) is 0 Å². The van der Waals surface area contributed by atoms with Gasteiger partial charge in [-0.25, -0.2) is 0 Å². The SMILES string of the molecule is O=C(CCCC[Si](Oc1ccccc1)(Oc1ccccc1)Oc1ccccc1)OC(=O)CCCC[Si](Oc1ccccc1)(Oc1ccccc1)Oc1ccccc1. The highest BCUT2D eigenvalue weighted by Gasteiger charge is 2.50. The number of benzene rings is 6. The Morgan fingerprint density at radius 2 is 0.526 bits per heavy atom. The third-order valence-corrected chi connectivity index (χ3v) is 13.8. The Bertz CT molecular complexity index is 1710. The number of ether oxygens (including phenoxy) is 1. The quantitative estimate of drug-likeness (QED) is 0.0288. The van der Waals surface area contributed by atoms with Gasteiger partial charge in [-0.15, -0.1) is 0 Å². The Kier molecular flexibility index (Phi) is 15.0. The minimum absolute atomic E-state index is 0.0506. The predicted octanol–water partition coefficient (Wildman–Crippen LogP) is 10.7. The average molecular weight is 799 g/mol. The van der Waals surface area contributed by atoms with Gasteiger partial charge in [-0.05, 0) is 98.5 Å². The van der Waals surface area contributed by atoms with E-state index in [2.05, 4.69) is 0 Å². The van der Waals surface area contributed by atoms with Crippen LogP contribution in [0.1, 0.15) is 38.5 Å². The molecule has 11 heteroatoms. The van der Waals surface area contributed by atoms with E-state index in [1.807, 2.05) is 182 Å². The minimum Gasteiger partial charge on any atom is -0.483 e. The second kappa shape index (κ2) is 21.1. The van der Waals surface area contributed by atoms with Gasteiger partial charge in [0.05, 0.1) is 12.1 Å². The number of carbonyl (C=O) groups excluding carboxylic acids is 2. The Morgan fingerprint density at radius 3 is 0.737 bits per heavy atom. The van der Waals surface area contributed by atoms with Gasteiger partial charge in [-0.2, -0.15) is 0 Å². The number of para-hydroxylation sites is 6. The van der Waals surface area contributed by atoms with E-state index in [0.717, 1.165) is 0 Å². The Balaban J connectivity index is 1.04. The second-order valence-electron chi connectivity index (χ2n) is 13.1. The lowest BCUT2D eigenvalue weighted by Crippen LogP contribution is -2.54. The summed E-state index contributed by atoms with van der Waals surface area (Å²) < 4.78 is 44.6. The molecule has 0 saturated heterocycles. The van der Waals surface area contributed by atoms with Crippen LogP contribution >= 0.6 is 0 Å². The van der Waals surface area contributed by atoms with Crippen LogP contribution in [0.15, 0.2) is 182 Å². The van der Waals surface area contributed by atoms with Crippen LogP contribution in [0, 0.1) is 0 Å². The Labute approximate surface area is 336 Å². The van der Waals surface area contributed by atoms with Crippen LogP contribution < -0.4 is 26.6 Å². The van der Waals surface area contributed by atoms with Gasteiger partial charge in [0, 0.05) is 12.8 Å². The van der Waals surface area contributed by atoms with E-state index < -0.39 is 29.5 Å². The molecule has 6 rings (SSSR count). The third kappa shape index (κ3) is 13.4. The maximum atomic E-state index is 12.9. The molecule has 0 unspecified atom stereocenters. The number of unbranched alkanes of at least 4 members (excludes halogenated alkanes) is 2. The zero-order valence-corrected chi connectivity index (χ0v) is 33.7. The van der Waals surface area contributed by atoms with Crippen molar-refractivity contribution in [2.45, 2.75) is 50.6 Å². The van der Waals surface area contributed by atoms with Crippen molar-refractivity contribution in [2.75, 3.05) is 0 Å². The molecular formula is C46H46O9Si2. The van der Waals surface area contributed by atoms with Crippen molar-refractivity contribution in [3.63, 3.8) is 0 Å². The third-order valence-electron chi connectivity index (χ3n) is 8.55. The van der Waals surface area contributed by atoms with Crippen molar-refractivity contribution >= 4 is 29.5 Å². The molecule has 0 N–H and O–H groups in total. The first kappa shape index (κ1) is 40.4. The summed E-state index contributed by atoms with van der Waals surface area (Å²) >= 11 is 0. The summed E-state index contributed by atoms with van der Waals surface area (Å²) in [4.78, 5) is 25.7. The molecule has 0 radical (unpaired) electrons. The van der Waals surface area contributed by atoms with Gasteiger partial charge in [-0.1, -0.05) is 109 Å². The van der Waals surface area contributed by atoms with E-state index in [1.54, 1.807) is 0 Å². The largest absolute Gasteiger partial charge is 0.699 e. The number of hydrogen-bond acceptors (Lipinski definition) is 9. The summed E-state index contributed by atoms with van der Waals surface area (Å²) in [5, 5.41) is 0. The fourth-order valence-electron chi connectivity index (χ4n) is 5.89. The highest BCUT2D eigenvalue weighted by atomic mass is 28.4. The number of rotatable bonds is 22. The molecule has 0 fully saturated rings. The first-order chi connectivity index (χ1) is 28.0. The van der Waals surface area contributed by atoms with Gasteiger partial charge >= 0.3 is 29.5 Å². The van der Waals surface area contributed by atoms with E-state index in [-0.39, 0.29) is 12.8 Å². The molecule has 0 atom stereocenters.